The molecule has 0 aromatic carbocycles. The molecule has 4 atom stereocenters. The van der Waals surface area contributed by atoms with E-state index in [1.807, 2.05) is 55.4 Å². The largest absolute Gasteiger partial charge is 0.485 e. The molecule has 3 rings (SSSR count). The van der Waals surface area contributed by atoms with Crippen LogP contribution in [0.25, 0.3) is 0 Å². The minimum Gasteiger partial charge on any atom is -0.485 e. The maximum absolute atomic E-state index is 13.6. The maximum Gasteiger partial charge on any atom is 0.275 e. The van der Waals surface area contributed by atoms with E-state index in [1.54, 1.807) is 0 Å². The molecule has 0 aliphatic carbocycles. The van der Waals surface area contributed by atoms with Crippen LogP contribution in [-0.4, -0.2) is 59.9 Å². The molecule has 0 saturated carbocycles. The first kappa shape index (κ1) is 33.2. The van der Waals surface area contributed by atoms with Gasteiger partial charge in [-0.05, 0) is 23.7 Å². The third kappa shape index (κ3) is 7.20. The number of ether oxygens (including phenoxy) is 2. The Bertz CT molecular complexity index is 1210. The maximum atomic E-state index is 13.6. The topological polar surface area (TPSA) is 161 Å². The average Bonchev–Trinajstić information content (AvgIpc) is 3.54. The van der Waals surface area contributed by atoms with Crippen LogP contribution in [0.1, 0.15) is 98.5 Å². The predicted octanol–water partition coefficient (Wildman–Crippen LogP) is 3.47. The number of amides is 4. The minimum atomic E-state index is -0.899. The number of hydrogen-bond acceptors (Lipinski definition) is 10. The van der Waals surface area contributed by atoms with Crippen molar-refractivity contribution in [3.63, 3.8) is 0 Å². The minimum absolute atomic E-state index is 0.0281. The van der Waals surface area contributed by atoms with Crippen LogP contribution in [0.15, 0.2) is 0 Å². The van der Waals surface area contributed by atoms with Crippen molar-refractivity contribution in [2.24, 2.45) is 23.7 Å². The molecule has 0 radical (unpaired) electrons. The van der Waals surface area contributed by atoms with E-state index in [2.05, 4.69) is 31.2 Å². The fourth-order valence-electron chi connectivity index (χ4n) is 4.48. The normalized spacial score (nSPS) is 22.4. The Labute approximate surface area is 254 Å². The molecule has 0 unspecified atom stereocenters. The molecule has 42 heavy (non-hydrogen) atoms. The monoisotopic (exact) mass is 622 g/mol. The van der Waals surface area contributed by atoms with Crippen LogP contribution in [0, 0.1) is 23.7 Å². The fourth-order valence-corrected chi connectivity index (χ4v) is 6.68. The van der Waals surface area contributed by atoms with E-state index in [0.29, 0.717) is 10.0 Å². The highest BCUT2D eigenvalue weighted by molar-refractivity contribution is 7.14. The van der Waals surface area contributed by atoms with Gasteiger partial charge in [0.25, 0.3) is 11.8 Å². The van der Waals surface area contributed by atoms with Gasteiger partial charge in [-0.3, -0.25) is 19.2 Å². The van der Waals surface area contributed by atoms with E-state index in [-0.39, 0.29) is 45.2 Å². The Morgan fingerprint density at radius 1 is 0.548 bits per heavy atom. The van der Waals surface area contributed by atoms with Crippen molar-refractivity contribution in [1.82, 2.24) is 31.2 Å². The number of aromatic nitrogens is 2. The van der Waals surface area contributed by atoms with Crippen LogP contribution < -0.4 is 30.7 Å². The van der Waals surface area contributed by atoms with E-state index >= 15 is 0 Å². The number of methoxy groups -OCH3 is 2. The molecule has 0 fully saturated rings. The number of nitrogens with one attached hydrogen (secondary N) is 4. The quantitative estimate of drug-likeness (QED) is 0.381. The fraction of sp³-hybridized carbons (Fsp3) is 0.643. The van der Waals surface area contributed by atoms with Crippen molar-refractivity contribution in [1.29, 1.82) is 0 Å². The SMILES string of the molecule is COc1sc2nc1C(=O)N[C@@H](C(C)C)C(=O)N[C@@H](C(C)C)c1nc(c(OC)s1)C(=O)N[C@@H](C(C)C)C(=O)N[C@H]2C(C)C. The van der Waals surface area contributed by atoms with E-state index in [4.69, 9.17) is 9.47 Å². The smallest absolute Gasteiger partial charge is 0.275 e. The predicted molar refractivity (Wildman–Crippen MR) is 161 cm³/mol. The van der Waals surface area contributed by atoms with Crippen molar-refractivity contribution < 1.29 is 28.7 Å². The van der Waals surface area contributed by atoms with Crippen LogP contribution in [0.5, 0.6) is 10.1 Å². The molecule has 0 spiro atoms. The summed E-state index contributed by atoms with van der Waals surface area (Å²) in [5.74, 6) is -2.69. The molecule has 232 valence electrons. The van der Waals surface area contributed by atoms with Gasteiger partial charge < -0.3 is 30.7 Å². The Morgan fingerprint density at radius 3 is 1.12 bits per heavy atom. The highest BCUT2D eigenvalue weighted by Gasteiger charge is 2.36. The third-order valence-electron chi connectivity index (χ3n) is 6.96. The molecular weight excluding hydrogens is 580 g/mol. The first-order chi connectivity index (χ1) is 19.7. The van der Waals surface area contributed by atoms with Gasteiger partial charge in [-0.25, -0.2) is 9.97 Å². The van der Waals surface area contributed by atoms with Crippen molar-refractivity contribution in [3.8, 4) is 10.1 Å². The molecule has 3 heterocycles. The molecule has 4 bridgehead atoms. The Kier molecular flexibility index (Phi) is 10.9. The molecule has 4 amide bonds. The van der Waals surface area contributed by atoms with E-state index in [0.717, 1.165) is 22.7 Å². The summed E-state index contributed by atoms with van der Waals surface area (Å²) in [5, 5.41) is 13.1. The third-order valence-corrected chi connectivity index (χ3v) is 9.16. The van der Waals surface area contributed by atoms with E-state index in [1.165, 1.54) is 14.2 Å². The van der Waals surface area contributed by atoms with E-state index in [9.17, 15) is 19.2 Å². The summed E-state index contributed by atoms with van der Waals surface area (Å²) < 4.78 is 11.0. The van der Waals surface area contributed by atoms with Gasteiger partial charge in [-0.1, -0.05) is 78.1 Å². The Morgan fingerprint density at radius 2 is 0.857 bits per heavy atom. The molecule has 0 saturated heterocycles. The van der Waals surface area contributed by atoms with Crippen molar-refractivity contribution in [3.05, 3.63) is 21.4 Å². The highest BCUT2D eigenvalue weighted by Crippen LogP contribution is 2.36. The zero-order valence-corrected chi connectivity index (χ0v) is 27.4. The summed E-state index contributed by atoms with van der Waals surface area (Å²) in [4.78, 5) is 63.3. The number of thiazole rings is 2. The standard InChI is InChI=1S/C28H42N6O6S2/c1-11(2)15-21(35)31-17(13(5)6)25-34-20(28(40-10)41-25)24(38)30-16(12(3)4)22(36)32-18(14(7)8)26-33-19(23(37)29-15)27(39-9)42-26/h11-18H,1-10H3,(H,29,37)(H,30,38)(H,31,35)(H,32,36)/t15-,16-,17-,18-/m0/s1. The van der Waals surface area contributed by atoms with Gasteiger partial charge in [0, 0.05) is 0 Å². The lowest BCUT2D eigenvalue weighted by molar-refractivity contribution is -0.125. The number of hydrogen-bond donors (Lipinski definition) is 4. The molecule has 2 aromatic heterocycles. The second-order valence-electron chi connectivity index (χ2n) is 11.6. The molecule has 1 aliphatic rings. The molecule has 14 heteroatoms. The first-order valence-corrected chi connectivity index (χ1v) is 15.6. The van der Waals surface area contributed by atoms with Crippen molar-refractivity contribution in [2.75, 3.05) is 14.2 Å². The number of fused-ring (bicyclic) bond motifs is 4. The molecule has 1 aliphatic heterocycles. The highest BCUT2D eigenvalue weighted by atomic mass is 32.1. The van der Waals surface area contributed by atoms with Gasteiger partial charge in [-0.15, -0.1) is 0 Å². The molecule has 2 aromatic rings. The summed E-state index contributed by atoms with van der Waals surface area (Å²) in [7, 11) is 2.88. The first-order valence-electron chi connectivity index (χ1n) is 14.0. The van der Waals surface area contributed by atoms with Gasteiger partial charge >= 0.3 is 0 Å². The van der Waals surface area contributed by atoms with Crippen molar-refractivity contribution >= 4 is 46.3 Å². The van der Waals surface area contributed by atoms with Gasteiger partial charge in [0.2, 0.25) is 21.9 Å². The van der Waals surface area contributed by atoms with Crippen LogP contribution in [-0.2, 0) is 9.59 Å². The molecule has 12 nitrogen and oxygen atoms in total. The van der Waals surface area contributed by atoms with Crippen molar-refractivity contribution in [2.45, 2.75) is 79.6 Å². The number of nitrogens with zero attached hydrogens (tertiary/aromatic N) is 2. The van der Waals surface area contributed by atoms with Crippen LogP contribution >= 0.6 is 22.7 Å². The Balaban J connectivity index is 2.18. The van der Waals surface area contributed by atoms with E-state index < -0.39 is 47.8 Å². The zero-order valence-electron chi connectivity index (χ0n) is 25.8. The number of carbonyl (C=O) groups excluding carboxylic acids is 4. The van der Waals surface area contributed by atoms with Crippen LogP contribution in [0.4, 0.5) is 0 Å². The summed E-state index contributed by atoms with van der Waals surface area (Å²) >= 11 is 2.29. The molecule has 4 N–H and O–H groups in total. The van der Waals surface area contributed by atoms with Gasteiger partial charge in [-0.2, -0.15) is 0 Å². The summed E-state index contributed by atoms with van der Waals surface area (Å²) in [6.45, 7) is 15.0. The average molecular weight is 623 g/mol. The van der Waals surface area contributed by atoms with Gasteiger partial charge in [0.1, 0.15) is 22.1 Å². The van der Waals surface area contributed by atoms with Crippen LogP contribution in [0.2, 0.25) is 0 Å². The summed E-state index contributed by atoms with van der Waals surface area (Å²) in [6.07, 6.45) is 0. The molecular formula is C28H42N6O6S2. The second-order valence-corrected chi connectivity index (χ2v) is 13.6. The lowest BCUT2D eigenvalue weighted by atomic mass is 10.00. The second kappa shape index (κ2) is 13.8. The Hall–Kier alpha value is -3.26. The summed E-state index contributed by atoms with van der Waals surface area (Å²) in [5.41, 5.74) is 0.0563. The number of rotatable bonds is 6. The van der Waals surface area contributed by atoms with Gasteiger partial charge in [0.15, 0.2) is 11.4 Å². The van der Waals surface area contributed by atoms with Crippen LogP contribution in [0.3, 0.4) is 0 Å². The lowest BCUT2D eigenvalue weighted by Gasteiger charge is -2.27. The summed E-state index contributed by atoms with van der Waals surface area (Å²) in [6, 6.07) is -2.95. The van der Waals surface area contributed by atoms with Gasteiger partial charge in [0.05, 0.1) is 26.3 Å². The number of carbonyl (C=O) groups is 4. The zero-order chi connectivity index (χ0) is 31.5. The lowest BCUT2D eigenvalue weighted by Crippen LogP contribution is -2.51.